The Morgan fingerprint density at radius 1 is 1.09 bits per heavy atom. The van der Waals surface area contributed by atoms with Gasteiger partial charge in [0.15, 0.2) is 0 Å². The second-order valence-electron chi connectivity index (χ2n) is 11.9. The van der Waals surface area contributed by atoms with Crippen molar-refractivity contribution in [3.05, 3.63) is 77.4 Å². The highest BCUT2D eigenvalue weighted by molar-refractivity contribution is 5.95. The molecule has 5 heteroatoms. The maximum absolute atomic E-state index is 5.35. The number of nitrogens with one attached hydrogen (secondary N) is 2. The molecular weight excluding hydrogens is 430 g/mol. The van der Waals surface area contributed by atoms with Gasteiger partial charge >= 0.3 is 0 Å². The van der Waals surface area contributed by atoms with Crippen LogP contribution in [0.4, 0.5) is 0 Å². The van der Waals surface area contributed by atoms with Gasteiger partial charge in [-0.2, -0.15) is 5.10 Å². The molecule has 0 radical (unpaired) electrons. The summed E-state index contributed by atoms with van der Waals surface area (Å²) in [5, 5.41) is 14.4. The van der Waals surface area contributed by atoms with E-state index in [1.807, 2.05) is 18.3 Å². The molecular formula is C30H35N5. The smallest absolute Gasteiger partial charge is 0.0965 e. The Balaban J connectivity index is 1.41. The molecule has 35 heavy (non-hydrogen) atoms. The second-order valence-corrected chi connectivity index (χ2v) is 11.9. The van der Waals surface area contributed by atoms with Crippen LogP contribution in [0, 0.1) is 5.41 Å². The summed E-state index contributed by atoms with van der Waals surface area (Å²) in [6, 6.07) is 16.9. The summed E-state index contributed by atoms with van der Waals surface area (Å²) in [7, 11) is 0. The number of hydrogen-bond donors (Lipinski definition) is 2. The Bertz CT molecular complexity index is 1400. The van der Waals surface area contributed by atoms with E-state index in [1.165, 1.54) is 34.9 Å². The van der Waals surface area contributed by atoms with Crippen LogP contribution in [0.2, 0.25) is 0 Å². The first-order valence-corrected chi connectivity index (χ1v) is 12.8. The van der Waals surface area contributed by atoms with E-state index in [1.54, 1.807) is 0 Å². The van der Waals surface area contributed by atoms with Crippen LogP contribution in [0.1, 0.15) is 76.0 Å². The third-order valence-corrected chi connectivity index (χ3v) is 9.17. The quantitative estimate of drug-likeness (QED) is 0.353. The predicted molar refractivity (Wildman–Crippen MR) is 141 cm³/mol. The molecule has 3 aromatic heterocycles. The summed E-state index contributed by atoms with van der Waals surface area (Å²) in [4.78, 5) is 9.79. The minimum Gasteiger partial charge on any atom is -0.310 e. The number of aromatic nitrogens is 4. The van der Waals surface area contributed by atoms with Crippen LogP contribution in [0.25, 0.3) is 22.2 Å². The molecule has 2 unspecified atom stereocenters. The molecule has 2 atom stereocenters. The van der Waals surface area contributed by atoms with Crippen LogP contribution in [-0.2, 0) is 17.4 Å². The lowest BCUT2D eigenvalue weighted by atomic mass is 9.70. The molecule has 5 nitrogen and oxygen atoms in total. The SMILES string of the molecule is CC(C)(CNCc1ccccn1)c1cc2ccccc2c(-c2[nH]nc3c2C2CCC3(C)C2(C)C)n1. The van der Waals surface area contributed by atoms with E-state index >= 15 is 0 Å². The minimum absolute atomic E-state index is 0.129. The van der Waals surface area contributed by atoms with Gasteiger partial charge in [0.2, 0.25) is 0 Å². The molecule has 3 heterocycles. The molecule has 0 saturated heterocycles. The molecule has 2 bridgehead atoms. The predicted octanol–water partition coefficient (Wildman–Crippen LogP) is 6.26. The summed E-state index contributed by atoms with van der Waals surface area (Å²) in [5.74, 6) is 0.522. The Kier molecular flexibility index (Phi) is 4.95. The normalized spacial score (nSPS) is 22.6. The van der Waals surface area contributed by atoms with Crippen LogP contribution < -0.4 is 5.32 Å². The number of rotatable bonds is 6. The fourth-order valence-corrected chi connectivity index (χ4v) is 6.55. The Hall–Kier alpha value is -3.05. The fraction of sp³-hybridized carbons (Fsp3) is 0.433. The molecule has 1 saturated carbocycles. The highest BCUT2D eigenvalue weighted by Crippen LogP contribution is 2.68. The molecule has 0 aliphatic heterocycles. The molecule has 0 amide bonds. The molecule has 1 aromatic carbocycles. The summed E-state index contributed by atoms with van der Waals surface area (Å²) in [6.07, 6.45) is 4.28. The van der Waals surface area contributed by atoms with Crippen molar-refractivity contribution in [2.45, 2.75) is 70.8 Å². The molecule has 180 valence electrons. The maximum atomic E-state index is 5.35. The van der Waals surface area contributed by atoms with Gasteiger partial charge in [-0.1, -0.05) is 65.0 Å². The number of hydrogen-bond acceptors (Lipinski definition) is 4. The van der Waals surface area contributed by atoms with Gasteiger partial charge in [0.05, 0.1) is 22.8 Å². The van der Waals surface area contributed by atoms with E-state index in [2.05, 4.69) is 86.4 Å². The molecule has 2 aliphatic carbocycles. The van der Waals surface area contributed by atoms with Crippen molar-refractivity contribution in [2.24, 2.45) is 5.41 Å². The van der Waals surface area contributed by atoms with Crippen LogP contribution in [-0.4, -0.2) is 26.7 Å². The van der Waals surface area contributed by atoms with Crippen LogP contribution in [0.3, 0.4) is 0 Å². The number of pyridine rings is 2. The van der Waals surface area contributed by atoms with Crippen molar-refractivity contribution >= 4 is 10.8 Å². The summed E-state index contributed by atoms with van der Waals surface area (Å²) < 4.78 is 0. The van der Waals surface area contributed by atoms with Gasteiger partial charge in [0.25, 0.3) is 0 Å². The number of nitrogens with zero attached hydrogens (tertiary/aromatic N) is 3. The molecule has 2 N–H and O–H groups in total. The largest absolute Gasteiger partial charge is 0.310 e. The number of fused-ring (bicyclic) bond motifs is 6. The summed E-state index contributed by atoms with van der Waals surface area (Å²) >= 11 is 0. The average Bonchev–Trinajstić information content (AvgIpc) is 3.43. The first kappa shape index (κ1) is 22.4. The van der Waals surface area contributed by atoms with Gasteiger partial charge in [-0.3, -0.25) is 10.1 Å². The first-order chi connectivity index (χ1) is 16.7. The summed E-state index contributed by atoms with van der Waals surface area (Å²) in [6.45, 7) is 13.3. The third kappa shape index (κ3) is 3.28. The topological polar surface area (TPSA) is 66.5 Å². The Morgan fingerprint density at radius 3 is 2.69 bits per heavy atom. The van der Waals surface area contributed by atoms with Crippen molar-refractivity contribution in [3.8, 4) is 11.4 Å². The monoisotopic (exact) mass is 465 g/mol. The van der Waals surface area contributed by atoms with E-state index in [9.17, 15) is 0 Å². The fourth-order valence-electron chi connectivity index (χ4n) is 6.55. The van der Waals surface area contributed by atoms with Crippen molar-refractivity contribution in [1.29, 1.82) is 0 Å². The molecule has 0 spiro atoms. The van der Waals surface area contributed by atoms with Crippen LogP contribution >= 0.6 is 0 Å². The van der Waals surface area contributed by atoms with Crippen LogP contribution in [0.5, 0.6) is 0 Å². The summed E-state index contributed by atoms with van der Waals surface area (Å²) in [5.41, 5.74) is 7.17. The minimum atomic E-state index is -0.152. The zero-order valence-electron chi connectivity index (χ0n) is 21.4. The lowest BCUT2D eigenvalue weighted by Crippen LogP contribution is -2.33. The van der Waals surface area contributed by atoms with Gasteiger partial charge in [0, 0.05) is 46.8 Å². The lowest BCUT2D eigenvalue weighted by molar-refractivity contribution is 0.225. The third-order valence-electron chi connectivity index (χ3n) is 9.17. The Morgan fingerprint density at radius 2 is 1.89 bits per heavy atom. The standard InChI is InChI=1S/C30H35N5/c1-28(2,18-31-17-20-11-8-9-15-32-20)23-16-19-10-6-7-12-21(19)25(33-23)26-24-22-13-14-30(5,29(22,3)4)27(24)35-34-26/h6-12,15-16,22,31H,13-14,17-18H2,1-5H3,(H,34,35). The second kappa shape index (κ2) is 7.72. The van der Waals surface area contributed by atoms with E-state index in [4.69, 9.17) is 10.1 Å². The molecule has 2 aliphatic rings. The first-order valence-electron chi connectivity index (χ1n) is 12.8. The number of aromatic amines is 1. The van der Waals surface area contributed by atoms with E-state index in [-0.39, 0.29) is 16.2 Å². The van der Waals surface area contributed by atoms with Gasteiger partial charge < -0.3 is 5.32 Å². The highest BCUT2D eigenvalue weighted by atomic mass is 15.2. The van der Waals surface area contributed by atoms with Crippen LogP contribution in [0.15, 0.2) is 54.7 Å². The van der Waals surface area contributed by atoms with Crippen molar-refractivity contribution in [2.75, 3.05) is 6.54 Å². The van der Waals surface area contributed by atoms with Gasteiger partial charge in [-0.25, -0.2) is 4.98 Å². The van der Waals surface area contributed by atoms with E-state index in [0.29, 0.717) is 5.92 Å². The van der Waals surface area contributed by atoms with E-state index < -0.39 is 0 Å². The van der Waals surface area contributed by atoms with Crippen molar-refractivity contribution in [3.63, 3.8) is 0 Å². The number of benzene rings is 1. The molecule has 6 rings (SSSR count). The highest BCUT2D eigenvalue weighted by Gasteiger charge is 2.62. The van der Waals surface area contributed by atoms with Crippen molar-refractivity contribution in [1.82, 2.24) is 25.5 Å². The van der Waals surface area contributed by atoms with Crippen molar-refractivity contribution < 1.29 is 0 Å². The zero-order chi connectivity index (χ0) is 24.4. The lowest BCUT2D eigenvalue weighted by Gasteiger charge is -2.34. The molecule has 1 fully saturated rings. The zero-order valence-corrected chi connectivity index (χ0v) is 21.4. The van der Waals surface area contributed by atoms with E-state index in [0.717, 1.165) is 35.9 Å². The Labute approximate surface area is 207 Å². The molecule has 4 aromatic rings. The average molecular weight is 466 g/mol. The van der Waals surface area contributed by atoms with Gasteiger partial charge in [-0.15, -0.1) is 0 Å². The maximum Gasteiger partial charge on any atom is 0.0965 e. The van der Waals surface area contributed by atoms with Gasteiger partial charge in [-0.05, 0) is 47.8 Å². The number of H-pyrrole nitrogens is 1. The van der Waals surface area contributed by atoms with Gasteiger partial charge in [0.1, 0.15) is 0 Å².